The number of quaternary nitrogens is 1. The summed E-state index contributed by atoms with van der Waals surface area (Å²) in [6, 6.07) is -0.852. The molecule has 8 nitrogen and oxygen atoms in total. The van der Waals surface area contributed by atoms with Gasteiger partial charge in [-0.15, -0.1) is 0 Å². The number of nitrogens with one attached hydrogen (secondary N) is 1. The van der Waals surface area contributed by atoms with Gasteiger partial charge in [-0.05, 0) is 25.7 Å². The maximum absolute atomic E-state index is 12.1. The van der Waals surface area contributed by atoms with Crippen molar-refractivity contribution in [3.05, 3.63) is 24.3 Å². The van der Waals surface area contributed by atoms with Crippen LogP contribution in [0.15, 0.2) is 24.3 Å². The van der Waals surface area contributed by atoms with Crippen molar-refractivity contribution in [1.29, 1.82) is 0 Å². The second kappa shape index (κ2) is 17.5. The Morgan fingerprint density at radius 2 is 1.69 bits per heavy atom. The number of rotatable bonds is 19. The fourth-order valence-corrected chi connectivity index (χ4v) is 3.40. The molecule has 0 radical (unpaired) electrons. The van der Waals surface area contributed by atoms with E-state index in [-0.39, 0.29) is 25.5 Å². The van der Waals surface area contributed by atoms with Crippen LogP contribution in [0.4, 0.5) is 0 Å². The second-order valence-corrected chi connectivity index (χ2v) is 10.4. The van der Waals surface area contributed by atoms with Gasteiger partial charge in [-0.2, -0.15) is 0 Å². The monoisotopic (exact) mass is 477 g/mol. The Kier molecular flexibility index (Phi) is 16.9. The topological polar surface area (TPSA) is 105 Å². The fraction of sp³-hybridized carbons (Fsp3) is 0.783. The number of hydrogen-bond acceptors (Lipinski definition) is 5. The molecule has 0 heterocycles. The molecule has 0 aromatic carbocycles. The number of amides is 1. The Balaban J connectivity index is 4.54. The van der Waals surface area contributed by atoms with Gasteiger partial charge in [0.1, 0.15) is 13.2 Å². The highest BCUT2D eigenvalue weighted by atomic mass is 31.2. The number of likely N-dealkylation sites (N-methyl/N-ethyl adjacent to an activating group) is 1. The molecule has 9 heteroatoms. The molecule has 32 heavy (non-hydrogen) atoms. The molecule has 0 aromatic rings. The summed E-state index contributed by atoms with van der Waals surface area (Å²) in [7, 11) is 1.53. The molecule has 1 amide bonds. The minimum absolute atomic E-state index is 0.0534. The number of hydrogen-bond donors (Lipinski definition) is 3. The molecule has 0 aliphatic rings. The molecule has 3 unspecified atom stereocenters. The van der Waals surface area contributed by atoms with Crippen LogP contribution in [0.2, 0.25) is 0 Å². The molecule has 0 bridgehead atoms. The van der Waals surface area contributed by atoms with E-state index in [1.807, 2.05) is 27.2 Å². The van der Waals surface area contributed by atoms with Gasteiger partial charge in [-0.25, -0.2) is 4.57 Å². The Bertz CT molecular complexity index is 604. The van der Waals surface area contributed by atoms with E-state index in [1.165, 1.54) is 25.7 Å². The predicted octanol–water partition coefficient (Wildman–Crippen LogP) is 3.94. The maximum Gasteiger partial charge on any atom is 0.472 e. The molecular formula is C23H46N2O6P+. The van der Waals surface area contributed by atoms with E-state index in [0.29, 0.717) is 11.0 Å². The highest BCUT2D eigenvalue weighted by molar-refractivity contribution is 7.47. The molecule has 0 aromatic heterocycles. The third-order valence-corrected chi connectivity index (χ3v) is 5.72. The first-order chi connectivity index (χ1) is 15.0. The standard InChI is InChI=1S/C23H45N2O6P/c1-6-8-9-10-11-12-13-14-15-16-17-22(26)21(24-23(27)7-2)20-31-32(28,29)30-19-18-25(3,4)5/h12-13,16-17,21-22,26H,6-11,14-15,18-20H2,1-5H3,(H-,24,27,28,29)/p+1/b13-12+,17-16+. The predicted molar refractivity (Wildman–Crippen MR) is 129 cm³/mol. The van der Waals surface area contributed by atoms with Crippen molar-refractivity contribution in [1.82, 2.24) is 5.32 Å². The summed E-state index contributed by atoms with van der Waals surface area (Å²) in [6.45, 7) is 4.13. The van der Waals surface area contributed by atoms with E-state index >= 15 is 0 Å². The number of phosphoric ester groups is 1. The minimum atomic E-state index is -4.28. The lowest BCUT2D eigenvalue weighted by Crippen LogP contribution is -2.45. The van der Waals surface area contributed by atoms with Crippen LogP contribution in [0.1, 0.15) is 65.2 Å². The molecule has 0 rings (SSSR count). The lowest BCUT2D eigenvalue weighted by Gasteiger charge is -2.25. The van der Waals surface area contributed by atoms with Gasteiger partial charge >= 0.3 is 7.82 Å². The van der Waals surface area contributed by atoms with Crippen molar-refractivity contribution in [2.45, 2.75) is 77.4 Å². The highest BCUT2D eigenvalue weighted by Crippen LogP contribution is 2.43. The molecule has 0 aliphatic heterocycles. The van der Waals surface area contributed by atoms with Crippen molar-refractivity contribution < 1.29 is 32.9 Å². The summed E-state index contributed by atoms with van der Waals surface area (Å²) >= 11 is 0. The van der Waals surface area contributed by atoms with Crippen molar-refractivity contribution >= 4 is 13.7 Å². The van der Waals surface area contributed by atoms with Crippen LogP contribution >= 0.6 is 7.82 Å². The first-order valence-corrected chi connectivity index (χ1v) is 13.2. The number of allylic oxidation sites excluding steroid dienone is 3. The van der Waals surface area contributed by atoms with Crippen LogP contribution in [-0.4, -0.2) is 73.4 Å². The van der Waals surface area contributed by atoms with Crippen molar-refractivity contribution in [3.8, 4) is 0 Å². The van der Waals surface area contributed by atoms with Crippen molar-refractivity contribution in [2.75, 3.05) is 40.9 Å². The van der Waals surface area contributed by atoms with E-state index in [4.69, 9.17) is 9.05 Å². The summed E-state index contributed by atoms with van der Waals surface area (Å²) in [5.74, 6) is -0.282. The first-order valence-electron chi connectivity index (χ1n) is 11.7. The van der Waals surface area contributed by atoms with E-state index in [9.17, 15) is 19.4 Å². The van der Waals surface area contributed by atoms with Crippen LogP contribution in [0.3, 0.4) is 0 Å². The zero-order valence-corrected chi connectivity index (χ0v) is 21.6. The third kappa shape index (κ3) is 18.5. The van der Waals surface area contributed by atoms with E-state index in [2.05, 4.69) is 24.4 Å². The zero-order valence-electron chi connectivity index (χ0n) is 20.7. The zero-order chi connectivity index (χ0) is 24.5. The van der Waals surface area contributed by atoms with Crippen LogP contribution < -0.4 is 5.32 Å². The first kappa shape index (κ1) is 31.0. The van der Waals surface area contributed by atoms with E-state index in [1.54, 1.807) is 13.0 Å². The molecule has 188 valence electrons. The molecule has 0 saturated heterocycles. The Labute approximate surface area is 194 Å². The maximum atomic E-state index is 12.1. The number of aliphatic hydroxyl groups is 1. The number of carbonyl (C=O) groups is 1. The molecule has 3 N–H and O–H groups in total. The fourth-order valence-electron chi connectivity index (χ4n) is 2.66. The molecule has 3 atom stereocenters. The van der Waals surface area contributed by atoms with Gasteiger partial charge in [0.05, 0.1) is 39.9 Å². The molecule has 0 spiro atoms. The van der Waals surface area contributed by atoms with Gasteiger partial charge in [0, 0.05) is 6.42 Å². The summed E-state index contributed by atoms with van der Waals surface area (Å²) in [6.07, 6.45) is 14.6. The van der Waals surface area contributed by atoms with Crippen molar-refractivity contribution in [3.63, 3.8) is 0 Å². The van der Waals surface area contributed by atoms with Gasteiger partial charge < -0.3 is 19.8 Å². The smallest absolute Gasteiger partial charge is 0.387 e. The van der Waals surface area contributed by atoms with Crippen LogP contribution in [-0.2, 0) is 18.4 Å². The minimum Gasteiger partial charge on any atom is -0.387 e. The van der Waals surface area contributed by atoms with Crippen LogP contribution in [0.5, 0.6) is 0 Å². The Morgan fingerprint density at radius 1 is 1.03 bits per heavy atom. The van der Waals surface area contributed by atoms with Gasteiger partial charge in [-0.3, -0.25) is 13.8 Å². The molecule has 0 saturated carbocycles. The summed E-state index contributed by atoms with van der Waals surface area (Å²) in [5.41, 5.74) is 0. The lowest BCUT2D eigenvalue weighted by molar-refractivity contribution is -0.870. The van der Waals surface area contributed by atoms with Gasteiger partial charge in [0.2, 0.25) is 5.91 Å². The summed E-state index contributed by atoms with van der Waals surface area (Å²) in [4.78, 5) is 21.7. The van der Waals surface area contributed by atoms with E-state index < -0.39 is 20.0 Å². The third-order valence-electron chi connectivity index (χ3n) is 4.74. The number of aliphatic hydroxyl groups excluding tert-OH is 1. The highest BCUT2D eigenvalue weighted by Gasteiger charge is 2.27. The largest absolute Gasteiger partial charge is 0.472 e. The second-order valence-electron chi connectivity index (χ2n) is 8.96. The average molecular weight is 478 g/mol. The average Bonchev–Trinajstić information content (AvgIpc) is 2.70. The number of unbranched alkanes of at least 4 members (excludes halogenated alkanes) is 5. The number of phosphoric acid groups is 1. The molecular weight excluding hydrogens is 431 g/mol. The van der Waals surface area contributed by atoms with Gasteiger partial charge in [-0.1, -0.05) is 57.4 Å². The SMILES string of the molecule is CCCCCC/C=C/CC/C=C/C(O)C(COP(=O)(O)OCC[N+](C)(C)C)NC(=O)CC. The van der Waals surface area contributed by atoms with Gasteiger partial charge in [0.25, 0.3) is 0 Å². The molecule has 0 aliphatic carbocycles. The summed E-state index contributed by atoms with van der Waals surface area (Å²) < 4.78 is 22.7. The van der Waals surface area contributed by atoms with Crippen LogP contribution in [0, 0.1) is 0 Å². The number of nitrogens with zero attached hydrogens (tertiary/aromatic N) is 1. The van der Waals surface area contributed by atoms with Crippen molar-refractivity contribution in [2.24, 2.45) is 0 Å². The van der Waals surface area contributed by atoms with Gasteiger partial charge in [0.15, 0.2) is 0 Å². The quantitative estimate of drug-likeness (QED) is 0.113. The normalized spacial score (nSPS) is 16.3. The number of carbonyl (C=O) groups excluding carboxylic acids is 1. The van der Waals surface area contributed by atoms with E-state index in [0.717, 1.165) is 19.3 Å². The Morgan fingerprint density at radius 3 is 2.31 bits per heavy atom. The molecule has 0 fully saturated rings. The summed E-state index contributed by atoms with van der Waals surface area (Å²) in [5, 5.41) is 13.1. The lowest BCUT2D eigenvalue weighted by atomic mass is 10.1. The van der Waals surface area contributed by atoms with Crippen LogP contribution in [0.25, 0.3) is 0 Å². The Hall–Kier alpha value is -1.02.